The number of amides is 1. The fraction of sp³-hybridized carbons (Fsp3) is 0.226. The highest BCUT2D eigenvalue weighted by Crippen LogP contribution is 2.37. The van der Waals surface area contributed by atoms with Gasteiger partial charge in [0.25, 0.3) is 11.8 Å². The Hall–Kier alpha value is -4.76. The monoisotopic (exact) mass is 535 g/mol. The molecule has 9 nitrogen and oxygen atoms in total. The van der Waals surface area contributed by atoms with Crippen LogP contribution in [0.3, 0.4) is 0 Å². The molecule has 0 bridgehead atoms. The van der Waals surface area contributed by atoms with Crippen molar-refractivity contribution in [2.24, 2.45) is 0 Å². The summed E-state index contributed by atoms with van der Waals surface area (Å²) in [5.74, 6) is 0.631. The van der Waals surface area contributed by atoms with Crippen LogP contribution in [0.15, 0.2) is 72.8 Å². The fourth-order valence-corrected chi connectivity index (χ4v) is 5.09. The van der Waals surface area contributed by atoms with E-state index in [0.29, 0.717) is 34.9 Å². The summed E-state index contributed by atoms with van der Waals surface area (Å²) in [6.45, 7) is 4.20. The minimum Gasteiger partial charge on any atom is -0.507 e. The first-order chi connectivity index (χ1) is 19.5. The number of hydrogen-bond acceptors (Lipinski definition) is 8. The SMILES string of the molecule is CN1C(=O)COc2nc(-c3ccc(CN4CCN(c5ccc(C=O)c(O)c5)CC4)cc3)c(-c3ccccc3)nc21. The number of likely N-dealkylation sites (N-methyl/N-ethyl adjacent to an activating group) is 1. The summed E-state index contributed by atoms with van der Waals surface area (Å²) in [6, 6.07) is 23.4. The molecule has 0 unspecified atom stereocenters. The number of carbonyl (C=O) groups excluding carboxylic acids is 2. The van der Waals surface area contributed by atoms with E-state index in [1.807, 2.05) is 36.4 Å². The lowest BCUT2D eigenvalue weighted by molar-refractivity contribution is -0.121. The van der Waals surface area contributed by atoms with Crippen LogP contribution in [0, 0.1) is 0 Å². The number of hydrogen-bond donors (Lipinski definition) is 1. The second-order valence-electron chi connectivity index (χ2n) is 9.98. The number of carbonyl (C=O) groups is 2. The molecule has 2 aliphatic heterocycles. The van der Waals surface area contributed by atoms with Gasteiger partial charge >= 0.3 is 0 Å². The number of aromatic nitrogens is 2. The lowest BCUT2D eigenvalue weighted by atomic mass is 10.0. The van der Waals surface area contributed by atoms with Gasteiger partial charge in [-0.25, -0.2) is 9.97 Å². The molecule has 9 heteroatoms. The zero-order valence-electron chi connectivity index (χ0n) is 22.2. The molecule has 2 aliphatic rings. The van der Waals surface area contributed by atoms with E-state index in [-0.39, 0.29) is 18.3 Å². The van der Waals surface area contributed by atoms with E-state index >= 15 is 0 Å². The van der Waals surface area contributed by atoms with E-state index in [2.05, 4.69) is 34.1 Å². The van der Waals surface area contributed by atoms with E-state index in [1.165, 1.54) is 10.5 Å². The minimum atomic E-state index is -0.160. The highest BCUT2D eigenvalue weighted by molar-refractivity contribution is 5.96. The van der Waals surface area contributed by atoms with Crippen molar-refractivity contribution >= 4 is 23.7 Å². The fourth-order valence-electron chi connectivity index (χ4n) is 5.09. The van der Waals surface area contributed by atoms with Crippen LogP contribution in [0.4, 0.5) is 11.5 Å². The highest BCUT2D eigenvalue weighted by atomic mass is 16.5. The zero-order valence-corrected chi connectivity index (χ0v) is 22.2. The molecule has 1 saturated heterocycles. The van der Waals surface area contributed by atoms with E-state index in [4.69, 9.17) is 14.7 Å². The van der Waals surface area contributed by atoms with Crippen LogP contribution in [0.25, 0.3) is 22.5 Å². The number of benzene rings is 3. The summed E-state index contributed by atoms with van der Waals surface area (Å²) in [4.78, 5) is 38.9. The number of aromatic hydroxyl groups is 1. The standard InChI is InChI=1S/C31H29N5O4/c1-34-27(39)20-40-31-30(34)32-28(22-5-3-2-4-6-22)29(33-31)23-9-7-21(8-10-23)18-35-13-15-36(16-14-35)25-12-11-24(19-37)26(38)17-25/h2-12,17,19,38H,13-16,18,20H2,1H3. The van der Waals surface area contributed by atoms with Crippen LogP contribution in [0.5, 0.6) is 11.6 Å². The largest absolute Gasteiger partial charge is 0.507 e. The Morgan fingerprint density at radius 2 is 1.60 bits per heavy atom. The number of aldehydes is 1. The molecule has 6 rings (SSSR count). The molecular weight excluding hydrogens is 506 g/mol. The normalized spacial score (nSPS) is 15.5. The van der Waals surface area contributed by atoms with Crippen LogP contribution in [-0.4, -0.2) is 72.0 Å². The maximum Gasteiger partial charge on any atom is 0.266 e. The number of nitrogens with zero attached hydrogens (tertiary/aromatic N) is 5. The van der Waals surface area contributed by atoms with E-state index in [1.54, 1.807) is 19.2 Å². The third-order valence-corrected chi connectivity index (χ3v) is 7.43. The lowest BCUT2D eigenvalue weighted by Crippen LogP contribution is -2.45. The molecule has 1 amide bonds. The molecule has 40 heavy (non-hydrogen) atoms. The number of phenolic OH excluding ortho intramolecular Hbond substituents is 1. The Kier molecular flexibility index (Phi) is 6.88. The van der Waals surface area contributed by atoms with Crippen molar-refractivity contribution in [3.63, 3.8) is 0 Å². The van der Waals surface area contributed by atoms with Gasteiger partial charge in [0.15, 0.2) is 18.7 Å². The molecule has 0 aliphatic carbocycles. The third kappa shape index (κ3) is 4.99. The lowest BCUT2D eigenvalue weighted by Gasteiger charge is -2.36. The van der Waals surface area contributed by atoms with Gasteiger partial charge in [-0.15, -0.1) is 0 Å². The maximum atomic E-state index is 12.2. The first kappa shape index (κ1) is 25.5. The van der Waals surface area contributed by atoms with Crippen LogP contribution < -0.4 is 14.5 Å². The first-order valence-electron chi connectivity index (χ1n) is 13.2. The predicted molar refractivity (Wildman–Crippen MR) is 153 cm³/mol. The van der Waals surface area contributed by atoms with Gasteiger partial charge in [0, 0.05) is 62.7 Å². The summed E-state index contributed by atoms with van der Waals surface area (Å²) in [5, 5.41) is 10.0. The number of fused-ring (bicyclic) bond motifs is 1. The summed E-state index contributed by atoms with van der Waals surface area (Å²) >= 11 is 0. The average molecular weight is 536 g/mol. The van der Waals surface area contributed by atoms with Gasteiger partial charge in [-0.05, 0) is 17.7 Å². The van der Waals surface area contributed by atoms with Gasteiger partial charge in [0.1, 0.15) is 11.4 Å². The second kappa shape index (κ2) is 10.8. The molecule has 202 valence electrons. The maximum absolute atomic E-state index is 12.2. The first-order valence-corrected chi connectivity index (χ1v) is 13.2. The van der Waals surface area contributed by atoms with Crippen LogP contribution in [-0.2, 0) is 11.3 Å². The molecule has 0 radical (unpaired) electrons. The molecule has 0 atom stereocenters. The van der Waals surface area contributed by atoms with Crippen LogP contribution >= 0.6 is 0 Å². The van der Waals surface area contributed by atoms with Crippen molar-refractivity contribution in [1.29, 1.82) is 0 Å². The van der Waals surface area contributed by atoms with Gasteiger partial charge in [-0.2, -0.15) is 0 Å². The van der Waals surface area contributed by atoms with Gasteiger partial charge < -0.3 is 14.7 Å². The van der Waals surface area contributed by atoms with E-state index < -0.39 is 0 Å². The molecule has 0 spiro atoms. The number of anilines is 2. The van der Waals surface area contributed by atoms with Crippen molar-refractivity contribution in [3.8, 4) is 34.1 Å². The van der Waals surface area contributed by atoms with Crippen molar-refractivity contribution < 1.29 is 19.4 Å². The zero-order chi connectivity index (χ0) is 27.6. The molecular formula is C31H29N5O4. The Morgan fingerprint density at radius 1 is 0.900 bits per heavy atom. The van der Waals surface area contributed by atoms with Crippen molar-refractivity contribution in [2.45, 2.75) is 6.54 Å². The Morgan fingerprint density at radius 3 is 2.30 bits per heavy atom. The molecule has 1 N–H and O–H groups in total. The van der Waals surface area contributed by atoms with Crippen molar-refractivity contribution in [2.75, 3.05) is 49.6 Å². The molecule has 0 saturated carbocycles. The van der Waals surface area contributed by atoms with E-state index in [9.17, 15) is 14.7 Å². The molecule has 4 aromatic rings. The average Bonchev–Trinajstić information content (AvgIpc) is 3.00. The number of phenols is 1. The van der Waals surface area contributed by atoms with E-state index in [0.717, 1.165) is 49.5 Å². The molecule has 1 aromatic heterocycles. The Balaban J connectivity index is 1.19. The number of rotatable bonds is 6. The topological polar surface area (TPSA) is 99.1 Å². The van der Waals surface area contributed by atoms with Gasteiger partial charge in [0.2, 0.25) is 0 Å². The second-order valence-corrected chi connectivity index (χ2v) is 9.98. The minimum absolute atomic E-state index is 0.0149. The third-order valence-electron chi connectivity index (χ3n) is 7.43. The summed E-state index contributed by atoms with van der Waals surface area (Å²) < 4.78 is 5.64. The molecule has 1 fully saturated rings. The highest BCUT2D eigenvalue weighted by Gasteiger charge is 2.28. The van der Waals surface area contributed by atoms with Gasteiger partial charge in [-0.3, -0.25) is 19.4 Å². The van der Waals surface area contributed by atoms with Gasteiger partial charge in [-0.1, -0.05) is 54.6 Å². The Bertz CT molecular complexity index is 1550. The number of ether oxygens (including phenoxy) is 1. The Labute approximate surface area is 232 Å². The summed E-state index contributed by atoms with van der Waals surface area (Å²) in [6.07, 6.45) is 0.664. The smallest absolute Gasteiger partial charge is 0.266 e. The van der Waals surface area contributed by atoms with Gasteiger partial charge in [0.05, 0.1) is 11.3 Å². The summed E-state index contributed by atoms with van der Waals surface area (Å²) in [7, 11) is 1.69. The predicted octanol–water partition coefficient (Wildman–Crippen LogP) is 4.01. The molecule has 3 heterocycles. The van der Waals surface area contributed by atoms with Crippen molar-refractivity contribution in [3.05, 3.63) is 83.9 Å². The quantitative estimate of drug-likeness (QED) is 0.370. The van der Waals surface area contributed by atoms with Crippen LogP contribution in [0.2, 0.25) is 0 Å². The molecule has 3 aromatic carbocycles. The van der Waals surface area contributed by atoms with Crippen LogP contribution in [0.1, 0.15) is 15.9 Å². The van der Waals surface area contributed by atoms with Crippen molar-refractivity contribution in [1.82, 2.24) is 14.9 Å². The number of piperazine rings is 1. The summed E-state index contributed by atoms with van der Waals surface area (Å²) in [5.41, 5.74) is 5.65.